The topological polar surface area (TPSA) is 160 Å². The lowest BCUT2D eigenvalue weighted by molar-refractivity contribution is -0.120. The average molecular weight is 592 g/mol. The van der Waals surface area contributed by atoms with Gasteiger partial charge in [0.1, 0.15) is 30.2 Å². The third-order valence-corrected chi connectivity index (χ3v) is 7.58. The van der Waals surface area contributed by atoms with E-state index in [2.05, 4.69) is 47.1 Å². The summed E-state index contributed by atoms with van der Waals surface area (Å²) in [4.78, 5) is 48.2. The van der Waals surface area contributed by atoms with E-state index in [4.69, 9.17) is 11.6 Å². The monoisotopic (exact) mass is 591 g/mol. The molecule has 12 nitrogen and oxygen atoms in total. The minimum absolute atomic E-state index is 0.00834. The molecule has 0 bridgehead atoms. The maximum absolute atomic E-state index is 14.4. The molecule has 0 saturated carbocycles. The molecule has 1 aliphatic heterocycles. The molecule has 206 valence electrons. The summed E-state index contributed by atoms with van der Waals surface area (Å²) < 4.78 is 20.9. The van der Waals surface area contributed by atoms with Crippen LogP contribution in [0.2, 0.25) is 5.02 Å². The van der Waals surface area contributed by atoms with E-state index in [0.29, 0.717) is 11.2 Å². The van der Waals surface area contributed by atoms with Gasteiger partial charge in [-0.3, -0.25) is 19.5 Å². The number of benzene rings is 2. The Kier molecular flexibility index (Phi) is 6.77. The van der Waals surface area contributed by atoms with Crippen molar-refractivity contribution in [3.05, 3.63) is 101 Å². The number of rotatable bonds is 6. The number of carbonyl (C=O) groups excluding carboxylic acids is 3. The van der Waals surface area contributed by atoms with Crippen molar-refractivity contribution >= 4 is 56.8 Å². The van der Waals surface area contributed by atoms with E-state index in [1.54, 1.807) is 12.1 Å². The number of aromatic nitrogens is 6. The highest BCUT2D eigenvalue weighted by Crippen LogP contribution is 2.40. The number of fused-ring (bicyclic) bond motifs is 2. The van der Waals surface area contributed by atoms with Crippen molar-refractivity contribution in [1.82, 2.24) is 39.7 Å². The summed E-state index contributed by atoms with van der Waals surface area (Å²) in [6.07, 6.45) is 1.29. The molecule has 6 rings (SSSR count). The van der Waals surface area contributed by atoms with Crippen molar-refractivity contribution in [1.29, 1.82) is 0 Å². The summed E-state index contributed by atoms with van der Waals surface area (Å²) in [5.41, 5.74) is 0.775. The second-order valence-corrected chi connectivity index (χ2v) is 10.2. The first kappa shape index (κ1) is 26.3. The Morgan fingerprint density at radius 2 is 2.05 bits per heavy atom. The fraction of sp³-hybridized carbons (Fsp3) is 0.115. The van der Waals surface area contributed by atoms with E-state index in [9.17, 15) is 18.8 Å². The highest BCUT2D eigenvalue weighted by molar-refractivity contribution is 7.13. The molecular weight excluding hydrogens is 573 g/mol. The Morgan fingerprint density at radius 3 is 2.85 bits per heavy atom. The highest BCUT2D eigenvalue weighted by atomic mass is 35.5. The summed E-state index contributed by atoms with van der Waals surface area (Å²) >= 11 is 7.65. The lowest BCUT2D eigenvalue weighted by Crippen LogP contribution is -2.29. The van der Waals surface area contributed by atoms with Gasteiger partial charge in [0.15, 0.2) is 5.82 Å². The van der Waals surface area contributed by atoms with Crippen molar-refractivity contribution in [2.24, 2.45) is 0 Å². The molecule has 2 aromatic carbocycles. The van der Waals surface area contributed by atoms with Crippen molar-refractivity contribution in [3.8, 4) is 0 Å². The zero-order valence-electron chi connectivity index (χ0n) is 20.9. The van der Waals surface area contributed by atoms with Crippen LogP contribution < -0.4 is 16.0 Å². The highest BCUT2D eigenvalue weighted by Gasteiger charge is 2.36. The predicted molar refractivity (Wildman–Crippen MR) is 148 cm³/mol. The van der Waals surface area contributed by atoms with Gasteiger partial charge in [0.2, 0.25) is 11.7 Å². The van der Waals surface area contributed by atoms with Crippen LogP contribution in [0.4, 0.5) is 10.2 Å². The Hall–Kier alpha value is -4.95. The summed E-state index contributed by atoms with van der Waals surface area (Å²) in [5, 5.41) is 15.3. The number of amides is 3. The van der Waals surface area contributed by atoms with Crippen molar-refractivity contribution < 1.29 is 18.8 Å². The number of halogens is 2. The molecular formula is C26H19ClFN9O3S. The summed E-state index contributed by atoms with van der Waals surface area (Å²) in [6, 6.07) is 11.0. The van der Waals surface area contributed by atoms with E-state index >= 15 is 0 Å². The van der Waals surface area contributed by atoms with Gasteiger partial charge in [-0.15, -0.1) is 0 Å². The number of aromatic amines is 1. The molecule has 41 heavy (non-hydrogen) atoms. The molecule has 0 unspecified atom stereocenters. The zero-order valence-corrected chi connectivity index (χ0v) is 22.5. The van der Waals surface area contributed by atoms with E-state index in [-0.39, 0.29) is 52.4 Å². The third kappa shape index (κ3) is 4.94. The Labute approximate surface area is 239 Å². The molecule has 3 aromatic heterocycles. The maximum atomic E-state index is 14.4. The molecule has 1 atom stereocenters. The number of anilines is 1. The molecule has 0 spiro atoms. The van der Waals surface area contributed by atoms with Crippen LogP contribution in [-0.4, -0.2) is 46.8 Å². The molecule has 3 amide bonds. The van der Waals surface area contributed by atoms with Crippen molar-refractivity contribution in [2.75, 3.05) is 5.32 Å². The fourth-order valence-corrected chi connectivity index (χ4v) is 5.63. The first-order valence-corrected chi connectivity index (χ1v) is 13.3. The molecule has 0 fully saturated rings. The van der Waals surface area contributed by atoms with Gasteiger partial charge in [-0.25, -0.2) is 14.4 Å². The van der Waals surface area contributed by atoms with Crippen LogP contribution in [0.3, 0.4) is 0 Å². The molecule has 15 heteroatoms. The molecule has 0 saturated heterocycles. The van der Waals surface area contributed by atoms with Gasteiger partial charge in [-0.05, 0) is 41.4 Å². The predicted octanol–water partition coefficient (Wildman–Crippen LogP) is 3.36. The molecule has 0 aliphatic carbocycles. The van der Waals surface area contributed by atoms with Gasteiger partial charge < -0.3 is 20.5 Å². The largest absolute Gasteiger partial charge is 0.342 e. The lowest BCUT2D eigenvalue weighted by Gasteiger charge is -2.21. The number of imidazole rings is 1. The van der Waals surface area contributed by atoms with Gasteiger partial charge in [0, 0.05) is 16.1 Å². The molecule has 5 aromatic rings. The maximum Gasteiger partial charge on any atom is 0.287 e. The summed E-state index contributed by atoms with van der Waals surface area (Å²) in [6.45, 7) is 3.64. The minimum atomic E-state index is -0.976. The number of carbonyl (C=O) groups is 3. The van der Waals surface area contributed by atoms with Gasteiger partial charge in [0.05, 0.1) is 22.9 Å². The van der Waals surface area contributed by atoms with Crippen molar-refractivity contribution in [2.45, 2.75) is 19.0 Å². The third-order valence-electron chi connectivity index (χ3n) is 6.41. The first-order valence-electron chi connectivity index (χ1n) is 12.1. The fourth-order valence-electron chi connectivity index (χ4n) is 4.63. The first-order chi connectivity index (χ1) is 19.8. The molecule has 4 N–H and O–H groups in total. The Morgan fingerprint density at radius 1 is 1.22 bits per heavy atom. The molecule has 4 heterocycles. The number of hydrogen-bond acceptors (Lipinski definition) is 8. The normalized spacial score (nSPS) is 14.8. The number of nitrogens with one attached hydrogen (secondary N) is 4. The number of H-pyrrole nitrogens is 1. The van der Waals surface area contributed by atoms with E-state index in [0.717, 1.165) is 16.2 Å². The zero-order chi connectivity index (χ0) is 28.7. The van der Waals surface area contributed by atoms with E-state index < -0.39 is 29.5 Å². The van der Waals surface area contributed by atoms with Crippen LogP contribution >= 0.6 is 23.1 Å². The van der Waals surface area contributed by atoms with Gasteiger partial charge >= 0.3 is 0 Å². The second kappa shape index (κ2) is 10.6. The van der Waals surface area contributed by atoms with Crippen LogP contribution in [0.15, 0.2) is 61.1 Å². The van der Waals surface area contributed by atoms with Gasteiger partial charge in [-0.1, -0.05) is 36.4 Å². The van der Waals surface area contributed by atoms with Gasteiger partial charge in [-0.2, -0.15) is 9.47 Å². The van der Waals surface area contributed by atoms with Crippen molar-refractivity contribution in [3.63, 3.8) is 0 Å². The second-order valence-electron chi connectivity index (χ2n) is 9.02. The quantitative estimate of drug-likeness (QED) is 0.235. The number of hydrogen-bond donors (Lipinski definition) is 4. The van der Waals surface area contributed by atoms with E-state index in [1.165, 1.54) is 29.1 Å². The van der Waals surface area contributed by atoms with Crippen LogP contribution in [-0.2, 0) is 17.9 Å². The standard InChI is InChI=1S/C26H19ClFN9O3S/c1-12-20(15-8-13(28)6-7-16(15)27)22-23(34-25(39)21-14-4-2-3-5-17(14)41-36-21)33-24(37(22)10-19(38)32-12)26(40)29-9-18-30-11-31-35-18/h2-8,11,20H,1,9-10H2,(H,29,40)(H,32,38)(H,34,39)(H,30,31,35)/t20-/m1/s1. The van der Waals surface area contributed by atoms with Crippen LogP contribution in [0, 0.1) is 5.82 Å². The van der Waals surface area contributed by atoms with Gasteiger partial charge in [0.25, 0.3) is 11.8 Å². The number of allylic oxidation sites excluding steroid dienone is 1. The Balaban J connectivity index is 1.49. The minimum Gasteiger partial charge on any atom is -0.342 e. The SMILES string of the molecule is C=C1NC(=O)Cn2c(C(=O)NCc3ncn[nH]3)nc(NC(=O)c3nsc4ccccc34)c2[C@H]1c1cc(F)ccc1Cl. The molecule has 0 radical (unpaired) electrons. The van der Waals surface area contributed by atoms with E-state index in [1.807, 2.05) is 12.1 Å². The Bertz CT molecular complexity index is 1850. The average Bonchev–Trinajstić information content (AvgIpc) is 3.68. The summed E-state index contributed by atoms with van der Waals surface area (Å²) in [7, 11) is 0. The van der Waals surface area contributed by atoms with Crippen LogP contribution in [0.5, 0.6) is 0 Å². The smallest absolute Gasteiger partial charge is 0.287 e. The summed E-state index contributed by atoms with van der Waals surface area (Å²) in [5.74, 6) is -3.14. The molecule has 1 aliphatic rings. The lowest BCUT2D eigenvalue weighted by atomic mass is 9.92. The van der Waals surface area contributed by atoms with Crippen LogP contribution in [0.25, 0.3) is 10.1 Å². The number of nitrogens with zero attached hydrogens (tertiary/aromatic N) is 5. The van der Waals surface area contributed by atoms with Crippen LogP contribution in [0.1, 0.15) is 44.1 Å².